The highest BCUT2D eigenvalue weighted by molar-refractivity contribution is 14.0. The Morgan fingerprint density at radius 3 is 2.52 bits per heavy atom. The number of amides is 1. The number of hydrogen-bond acceptors (Lipinski definition) is 2. The molecule has 5 nitrogen and oxygen atoms in total. The molecule has 3 N–H and O–H groups in total. The Bertz CT molecular complexity index is 564. The third-order valence-corrected chi connectivity index (χ3v) is 3.94. The summed E-state index contributed by atoms with van der Waals surface area (Å²) in [6.07, 6.45) is 2.04. The second-order valence-electron chi connectivity index (χ2n) is 5.15. The first-order chi connectivity index (χ1) is 10.6. The monoisotopic (exact) mass is 470 g/mol. The summed E-state index contributed by atoms with van der Waals surface area (Å²) < 4.78 is 0. The lowest BCUT2D eigenvalue weighted by molar-refractivity contribution is -0.122. The zero-order valence-electron chi connectivity index (χ0n) is 12.9. The average Bonchev–Trinajstić information content (AvgIpc) is 3.32. The van der Waals surface area contributed by atoms with Crippen LogP contribution in [0.3, 0.4) is 0 Å². The molecule has 1 aliphatic rings. The van der Waals surface area contributed by atoms with E-state index in [-0.39, 0.29) is 35.8 Å². The van der Waals surface area contributed by atoms with Crippen LogP contribution in [0, 0.1) is 5.92 Å². The van der Waals surface area contributed by atoms with Gasteiger partial charge in [-0.3, -0.25) is 9.79 Å². The minimum atomic E-state index is 0. The van der Waals surface area contributed by atoms with Crippen LogP contribution < -0.4 is 16.0 Å². The molecule has 1 amide bonds. The molecule has 0 bridgehead atoms. The fourth-order valence-corrected chi connectivity index (χ4v) is 2.40. The van der Waals surface area contributed by atoms with Crippen LogP contribution in [0.25, 0.3) is 0 Å². The third-order valence-electron chi connectivity index (χ3n) is 3.35. The number of aliphatic imine (C=N–C) groups is 1. The van der Waals surface area contributed by atoms with E-state index >= 15 is 0 Å². The van der Waals surface area contributed by atoms with E-state index < -0.39 is 0 Å². The molecule has 23 heavy (non-hydrogen) atoms. The summed E-state index contributed by atoms with van der Waals surface area (Å²) in [6.45, 7) is 1.74. The van der Waals surface area contributed by atoms with E-state index in [1.54, 1.807) is 19.2 Å². The molecular formula is C15H21Cl2IN4O. The zero-order chi connectivity index (χ0) is 15.9. The maximum absolute atomic E-state index is 11.5. The van der Waals surface area contributed by atoms with Crippen LogP contribution in [0.2, 0.25) is 10.0 Å². The van der Waals surface area contributed by atoms with E-state index in [1.165, 1.54) is 0 Å². The topological polar surface area (TPSA) is 65.5 Å². The fourth-order valence-electron chi connectivity index (χ4n) is 1.92. The Labute approximate surface area is 163 Å². The predicted molar refractivity (Wildman–Crippen MR) is 106 cm³/mol. The van der Waals surface area contributed by atoms with Crippen molar-refractivity contribution in [3.63, 3.8) is 0 Å². The Morgan fingerprint density at radius 1 is 1.22 bits per heavy atom. The normalized spacial score (nSPS) is 14.0. The van der Waals surface area contributed by atoms with Gasteiger partial charge in [-0.25, -0.2) is 0 Å². The van der Waals surface area contributed by atoms with Crippen LogP contribution in [-0.2, 0) is 11.3 Å². The van der Waals surface area contributed by atoms with E-state index in [0.717, 1.165) is 18.4 Å². The van der Waals surface area contributed by atoms with Gasteiger partial charge in [-0.15, -0.1) is 24.0 Å². The first-order valence-electron chi connectivity index (χ1n) is 7.26. The van der Waals surface area contributed by atoms with Crippen molar-refractivity contribution in [3.8, 4) is 0 Å². The highest BCUT2D eigenvalue weighted by atomic mass is 127. The fraction of sp³-hybridized carbons (Fsp3) is 0.467. The molecule has 0 aliphatic heterocycles. The average molecular weight is 471 g/mol. The number of guanidine groups is 1. The summed E-state index contributed by atoms with van der Waals surface area (Å²) in [5, 5.41) is 10.4. The number of carbonyl (C=O) groups is 1. The summed E-state index contributed by atoms with van der Waals surface area (Å²) in [6, 6.07) is 5.39. The predicted octanol–water partition coefficient (Wildman–Crippen LogP) is 2.80. The van der Waals surface area contributed by atoms with Crippen LogP contribution in [0.4, 0.5) is 0 Å². The molecule has 0 heterocycles. The Morgan fingerprint density at radius 2 is 1.91 bits per heavy atom. The number of nitrogens with one attached hydrogen (secondary N) is 3. The Kier molecular flexibility index (Phi) is 9.01. The maximum Gasteiger partial charge on any atom is 0.223 e. The SMILES string of the molecule is CN=C(NCCNC(=O)C1CC1)NCc1ccc(Cl)cc1Cl.I. The molecule has 2 rings (SSSR count). The van der Waals surface area contributed by atoms with Gasteiger partial charge in [0, 0.05) is 42.6 Å². The van der Waals surface area contributed by atoms with Crippen LogP contribution in [0.15, 0.2) is 23.2 Å². The smallest absolute Gasteiger partial charge is 0.223 e. The van der Waals surface area contributed by atoms with Gasteiger partial charge in [0.05, 0.1) is 0 Å². The van der Waals surface area contributed by atoms with Gasteiger partial charge in [0.15, 0.2) is 5.96 Å². The lowest BCUT2D eigenvalue weighted by Crippen LogP contribution is -2.41. The summed E-state index contributed by atoms with van der Waals surface area (Å²) in [5.41, 5.74) is 0.941. The summed E-state index contributed by atoms with van der Waals surface area (Å²) in [4.78, 5) is 15.6. The van der Waals surface area contributed by atoms with Gasteiger partial charge in [-0.05, 0) is 30.5 Å². The molecule has 0 spiro atoms. The van der Waals surface area contributed by atoms with E-state index in [0.29, 0.717) is 35.6 Å². The number of carbonyl (C=O) groups excluding carboxylic acids is 1. The largest absolute Gasteiger partial charge is 0.355 e. The van der Waals surface area contributed by atoms with Crippen molar-refractivity contribution < 1.29 is 4.79 Å². The van der Waals surface area contributed by atoms with Gasteiger partial charge in [-0.2, -0.15) is 0 Å². The van der Waals surface area contributed by atoms with Crippen molar-refractivity contribution in [2.24, 2.45) is 10.9 Å². The summed E-state index contributed by atoms with van der Waals surface area (Å²) in [7, 11) is 1.70. The van der Waals surface area contributed by atoms with Gasteiger partial charge in [0.25, 0.3) is 0 Å². The molecule has 0 unspecified atom stereocenters. The van der Waals surface area contributed by atoms with Gasteiger partial charge in [-0.1, -0.05) is 29.3 Å². The summed E-state index contributed by atoms with van der Waals surface area (Å²) >= 11 is 12.0. The number of benzene rings is 1. The zero-order valence-corrected chi connectivity index (χ0v) is 16.7. The molecule has 1 fully saturated rings. The molecule has 1 aromatic carbocycles. The maximum atomic E-state index is 11.5. The van der Waals surface area contributed by atoms with Gasteiger partial charge < -0.3 is 16.0 Å². The second kappa shape index (κ2) is 10.2. The number of halogens is 3. The van der Waals surface area contributed by atoms with Crippen molar-refractivity contribution in [3.05, 3.63) is 33.8 Å². The van der Waals surface area contributed by atoms with Crippen LogP contribution in [0.1, 0.15) is 18.4 Å². The standard InChI is InChI=1S/C15H20Cl2N4O.HI/c1-18-15(20-7-6-19-14(22)10-2-3-10)21-9-11-4-5-12(16)8-13(11)17;/h4-5,8,10H,2-3,6-7,9H2,1H3,(H,19,22)(H2,18,20,21);1H. The van der Waals surface area contributed by atoms with Crippen molar-refractivity contribution in [1.82, 2.24) is 16.0 Å². The van der Waals surface area contributed by atoms with Crippen LogP contribution in [0.5, 0.6) is 0 Å². The molecular weight excluding hydrogens is 450 g/mol. The van der Waals surface area contributed by atoms with Crippen molar-refractivity contribution >= 4 is 59.0 Å². The lowest BCUT2D eigenvalue weighted by atomic mass is 10.2. The van der Waals surface area contributed by atoms with E-state index in [2.05, 4.69) is 20.9 Å². The Balaban J connectivity index is 0.00000264. The van der Waals surface area contributed by atoms with Gasteiger partial charge in [0.1, 0.15) is 0 Å². The van der Waals surface area contributed by atoms with Gasteiger partial charge in [0.2, 0.25) is 5.91 Å². The minimum absolute atomic E-state index is 0. The minimum Gasteiger partial charge on any atom is -0.355 e. The van der Waals surface area contributed by atoms with Crippen molar-refractivity contribution in [2.75, 3.05) is 20.1 Å². The van der Waals surface area contributed by atoms with E-state index in [1.807, 2.05) is 6.07 Å². The number of hydrogen-bond donors (Lipinski definition) is 3. The first kappa shape index (κ1) is 20.3. The van der Waals surface area contributed by atoms with E-state index in [9.17, 15) is 4.79 Å². The van der Waals surface area contributed by atoms with Crippen LogP contribution in [-0.4, -0.2) is 32.0 Å². The molecule has 0 aromatic heterocycles. The van der Waals surface area contributed by atoms with Crippen molar-refractivity contribution in [2.45, 2.75) is 19.4 Å². The van der Waals surface area contributed by atoms with Crippen LogP contribution >= 0.6 is 47.2 Å². The Hall–Kier alpha value is -0.730. The molecule has 1 aliphatic carbocycles. The summed E-state index contributed by atoms with van der Waals surface area (Å²) in [5.74, 6) is 1.05. The van der Waals surface area contributed by atoms with E-state index in [4.69, 9.17) is 23.2 Å². The molecule has 0 saturated heterocycles. The highest BCUT2D eigenvalue weighted by Crippen LogP contribution is 2.28. The molecule has 1 saturated carbocycles. The van der Waals surface area contributed by atoms with Crippen molar-refractivity contribution in [1.29, 1.82) is 0 Å². The molecule has 0 radical (unpaired) electrons. The lowest BCUT2D eigenvalue weighted by Gasteiger charge is -2.13. The first-order valence-corrected chi connectivity index (χ1v) is 8.02. The number of nitrogens with zero attached hydrogens (tertiary/aromatic N) is 1. The number of rotatable bonds is 6. The molecule has 128 valence electrons. The molecule has 8 heteroatoms. The quantitative estimate of drug-likeness (QED) is 0.259. The molecule has 0 atom stereocenters. The highest BCUT2D eigenvalue weighted by Gasteiger charge is 2.28. The second-order valence-corrected chi connectivity index (χ2v) is 6.00. The molecule has 1 aromatic rings. The third kappa shape index (κ3) is 7.14. The van der Waals surface area contributed by atoms with Gasteiger partial charge >= 0.3 is 0 Å².